The van der Waals surface area contributed by atoms with Crippen LogP contribution in [0.3, 0.4) is 0 Å². The summed E-state index contributed by atoms with van der Waals surface area (Å²) in [5.74, 6) is 0.125. The maximum Gasteiger partial charge on any atom is 0.262 e. The number of carbonyl (C=O) groups excluding carboxylic acids is 1. The molecule has 28 heavy (non-hydrogen) atoms. The van der Waals surface area contributed by atoms with E-state index in [1.54, 1.807) is 22.8 Å². The molecule has 1 atom stereocenters. The number of carbonyl (C=O) groups is 1. The number of hydrogen-bond donors (Lipinski definition) is 1. The second-order valence-electron chi connectivity index (χ2n) is 6.95. The Balaban J connectivity index is 2.25. The average molecular weight is 426 g/mol. The summed E-state index contributed by atoms with van der Waals surface area (Å²) >= 11 is 7.32. The van der Waals surface area contributed by atoms with Gasteiger partial charge in [-0.15, -0.1) is 0 Å². The molecule has 1 aromatic carbocycles. The van der Waals surface area contributed by atoms with Crippen molar-refractivity contribution in [3.63, 3.8) is 0 Å². The fraction of sp³-hybridized carbons (Fsp3) is 0.550. The van der Waals surface area contributed by atoms with Crippen LogP contribution in [0.15, 0.2) is 28.2 Å². The molecule has 1 unspecified atom stereocenters. The third-order valence-corrected chi connectivity index (χ3v) is 5.42. The first kappa shape index (κ1) is 22.7. The number of benzene rings is 1. The van der Waals surface area contributed by atoms with Gasteiger partial charge in [0.25, 0.3) is 5.56 Å². The van der Waals surface area contributed by atoms with Gasteiger partial charge >= 0.3 is 0 Å². The second kappa shape index (κ2) is 10.8. The van der Waals surface area contributed by atoms with Crippen LogP contribution in [-0.2, 0) is 16.1 Å². The normalized spacial score (nSPS) is 12.5. The Morgan fingerprint density at radius 1 is 1.36 bits per heavy atom. The van der Waals surface area contributed by atoms with Crippen LogP contribution in [0.4, 0.5) is 0 Å². The van der Waals surface area contributed by atoms with E-state index in [0.29, 0.717) is 40.7 Å². The molecule has 6 nitrogen and oxygen atoms in total. The molecule has 0 aliphatic carbocycles. The molecule has 2 aromatic rings. The molecule has 0 spiro atoms. The Kier molecular flexibility index (Phi) is 8.79. The lowest BCUT2D eigenvalue weighted by atomic mass is 10.2. The number of nitrogens with zero attached hydrogens (tertiary/aromatic N) is 2. The number of halogens is 1. The predicted octanol–water partition coefficient (Wildman–Crippen LogP) is 3.87. The van der Waals surface area contributed by atoms with E-state index in [9.17, 15) is 9.59 Å². The minimum atomic E-state index is -0.129. The van der Waals surface area contributed by atoms with Gasteiger partial charge in [0.1, 0.15) is 0 Å². The van der Waals surface area contributed by atoms with Crippen LogP contribution in [0.2, 0.25) is 5.02 Å². The lowest BCUT2D eigenvalue weighted by Gasteiger charge is -2.15. The second-order valence-corrected chi connectivity index (χ2v) is 8.33. The summed E-state index contributed by atoms with van der Waals surface area (Å²) in [6, 6.07) is 5.17. The quantitative estimate of drug-likeness (QED) is 0.355. The molecule has 1 N–H and O–H groups in total. The predicted molar refractivity (Wildman–Crippen MR) is 115 cm³/mol. The summed E-state index contributed by atoms with van der Waals surface area (Å²) in [6.07, 6.45) is 1.70. The van der Waals surface area contributed by atoms with Crippen LogP contribution in [0.1, 0.15) is 40.5 Å². The van der Waals surface area contributed by atoms with Gasteiger partial charge in [-0.1, -0.05) is 30.3 Å². The lowest BCUT2D eigenvalue weighted by molar-refractivity contribution is -0.119. The van der Waals surface area contributed by atoms with Gasteiger partial charge in [-0.2, -0.15) is 0 Å². The lowest BCUT2D eigenvalue weighted by Crippen LogP contribution is -2.33. The first-order chi connectivity index (χ1) is 13.3. The van der Waals surface area contributed by atoms with Gasteiger partial charge in [0.05, 0.1) is 22.8 Å². The van der Waals surface area contributed by atoms with Crippen LogP contribution >= 0.6 is 23.4 Å². The van der Waals surface area contributed by atoms with Crippen molar-refractivity contribution < 1.29 is 9.53 Å². The van der Waals surface area contributed by atoms with Crippen LogP contribution in [-0.4, -0.2) is 40.0 Å². The first-order valence-corrected chi connectivity index (χ1v) is 10.9. The number of fused-ring (bicyclic) bond motifs is 1. The van der Waals surface area contributed by atoms with Crippen LogP contribution in [0, 0.1) is 0 Å². The van der Waals surface area contributed by atoms with Crippen LogP contribution < -0.4 is 10.9 Å². The van der Waals surface area contributed by atoms with Gasteiger partial charge in [-0.05, 0) is 51.8 Å². The van der Waals surface area contributed by atoms with Gasteiger partial charge < -0.3 is 10.1 Å². The molecule has 2 rings (SSSR count). The highest BCUT2D eigenvalue weighted by atomic mass is 35.5. The zero-order valence-electron chi connectivity index (χ0n) is 16.8. The van der Waals surface area contributed by atoms with Crippen LogP contribution in [0.5, 0.6) is 0 Å². The van der Waals surface area contributed by atoms with Crippen LogP contribution in [0.25, 0.3) is 10.9 Å². The standard InChI is InChI=1S/C20H28ClN3O3S/c1-5-14(4)22-18(25)12-28-20-23-17-11-15(21)7-8-16(17)19(26)24(20)9-6-10-27-13(2)3/h7-8,11,13-14H,5-6,9-10,12H2,1-4H3,(H,22,25). The highest BCUT2D eigenvalue weighted by molar-refractivity contribution is 7.99. The van der Waals surface area contributed by atoms with Gasteiger partial charge in [0.15, 0.2) is 5.16 Å². The molecule has 1 amide bonds. The summed E-state index contributed by atoms with van der Waals surface area (Å²) in [5.41, 5.74) is 0.410. The molecule has 0 saturated heterocycles. The summed E-state index contributed by atoms with van der Waals surface area (Å²) in [4.78, 5) is 29.7. The van der Waals surface area contributed by atoms with Gasteiger partial charge in [-0.25, -0.2) is 4.98 Å². The third kappa shape index (κ3) is 6.50. The molecule has 8 heteroatoms. The third-order valence-electron chi connectivity index (χ3n) is 4.21. The average Bonchev–Trinajstić information content (AvgIpc) is 2.64. The minimum Gasteiger partial charge on any atom is -0.379 e. The molecule has 0 saturated carbocycles. The van der Waals surface area contributed by atoms with Crippen molar-refractivity contribution in [2.75, 3.05) is 12.4 Å². The van der Waals surface area contributed by atoms with Crippen molar-refractivity contribution in [1.29, 1.82) is 0 Å². The smallest absolute Gasteiger partial charge is 0.262 e. The maximum absolute atomic E-state index is 13.0. The Morgan fingerprint density at radius 3 is 2.79 bits per heavy atom. The zero-order valence-corrected chi connectivity index (χ0v) is 18.4. The largest absolute Gasteiger partial charge is 0.379 e. The Morgan fingerprint density at radius 2 is 2.11 bits per heavy atom. The highest BCUT2D eigenvalue weighted by Crippen LogP contribution is 2.20. The molecule has 1 aromatic heterocycles. The van der Waals surface area contributed by atoms with E-state index in [0.717, 1.165) is 6.42 Å². The molecule has 1 heterocycles. The van der Waals surface area contributed by atoms with E-state index >= 15 is 0 Å². The molecule has 0 fully saturated rings. The van der Waals surface area contributed by atoms with Crippen molar-refractivity contribution in [3.05, 3.63) is 33.6 Å². The topological polar surface area (TPSA) is 73.2 Å². The van der Waals surface area contributed by atoms with Gasteiger partial charge in [-0.3, -0.25) is 14.2 Å². The number of nitrogens with one attached hydrogen (secondary N) is 1. The van der Waals surface area contributed by atoms with Gasteiger partial charge in [0, 0.05) is 24.2 Å². The first-order valence-electron chi connectivity index (χ1n) is 9.55. The van der Waals surface area contributed by atoms with Gasteiger partial charge in [0.2, 0.25) is 5.91 Å². The Bertz CT molecular complexity index is 870. The molecule has 154 valence electrons. The van der Waals surface area contributed by atoms with E-state index in [-0.39, 0.29) is 29.4 Å². The fourth-order valence-corrected chi connectivity index (χ4v) is 3.57. The molecule has 0 radical (unpaired) electrons. The number of amides is 1. The number of thioether (sulfide) groups is 1. The van der Waals surface area contributed by atoms with E-state index < -0.39 is 0 Å². The molecule has 0 bridgehead atoms. The Hall–Kier alpha value is -1.57. The molecular weight excluding hydrogens is 398 g/mol. The molecular formula is C20H28ClN3O3S. The van der Waals surface area contributed by atoms with E-state index in [1.165, 1.54) is 11.8 Å². The number of ether oxygens (including phenoxy) is 1. The zero-order chi connectivity index (χ0) is 20.7. The highest BCUT2D eigenvalue weighted by Gasteiger charge is 2.14. The summed E-state index contributed by atoms with van der Waals surface area (Å²) < 4.78 is 7.20. The Labute approximate surface area is 175 Å². The summed E-state index contributed by atoms with van der Waals surface area (Å²) in [5, 5.41) is 4.48. The summed E-state index contributed by atoms with van der Waals surface area (Å²) in [7, 11) is 0. The van der Waals surface area contributed by atoms with E-state index in [2.05, 4.69) is 10.3 Å². The maximum atomic E-state index is 13.0. The van der Waals surface area contributed by atoms with E-state index in [4.69, 9.17) is 16.3 Å². The van der Waals surface area contributed by atoms with Crippen molar-refractivity contribution >= 4 is 40.2 Å². The minimum absolute atomic E-state index is 0.0746. The van der Waals surface area contributed by atoms with Crippen molar-refractivity contribution in [1.82, 2.24) is 14.9 Å². The number of rotatable bonds is 10. The van der Waals surface area contributed by atoms with E-state index in [1.807, 2.05) is 27.7 Å². The van der Waals surface area contributed by atoms with Crippen molar-refractivity contribution in [2.45, 2.75) is 64.4 Å². The molecule has 0 aliphatic heterocycles. The SMILES string of the molecule is CCC(C)NC(=O)CSc1nc2cc(Cl)ccc2c(=O)n1CCCOC(C)C. The fourth-order valence-electron chi connectivity index (χ4n) is 2.57. The van der Waals surface area contributed by atoms with Crippen molar-refractivity contribution in [3.8, 4) is 0 Å². The molecule has 0 aliphatic rings. The number of hydrogen-bond acceptors (Lipinski definition) is 5. The number of aromatic nitrogens is 2. The monoisotopic (exact) mass is 425 g/mol. The summed E-state index contributed by atoms with van der Waals surface area (Å²) in [6.45, 7) is 8.97. The van der Waals surface area contributed by atoms with Crippen molar-refractivity contribution in [2.24, 2.45) is 0 Å².